The lowest BCUT2D eigenvalue weighted by atomic mass is 9.77. The molecule has 0 aliphatic carbocycles. The molecule has 1 aliphatic rings. The van der Waals surface area contributed by atoms with Gasteiger partial charge in [-0.2, -0.15) is 0 Å². The van der Waals surface area contributed by atoms with E-state index in [1.54, 1.807) is 0 Å². The zero-order valence-electron chi connectivity index (χ0n) is 14.1. The molecule has 112 valence electrons. The summed E-state index contributed by atoms with van der Waals surface area (Å²) in [5, 5.41) is 6.87. The van der Waals surface area contributed by atoms with Crippen molar-refractivity contribution in [2.75, 3.05) is 0 Å². The largest absolute Gasteiger partial charge is 0.303 e. The lowest BCUT2D eigenvalue weighted by molar-refractivity contribution is 0.306. The number of nitrogens with one attached hydrogen (secondary N) is 1. The van der Waals surface area contributed by atoms with Crippen molar-refractivity contribution in [3.05, 3.63) is 46.5 Å². The van der Waals surface area contributed by atoms with E-state index in [4.69, 9.17) is 0 Å². The molecule has 2 unspecified atom stereocenters. The van der Waals surface area contributed by atoms with Crippen LogP contribution in [0.25, 0.3) is 10.8 Å². The van der Waals surface area contributed by atoms with Crippen molar-refractivity contribution in [2.45, 2.75) is 53.6 Å². The molecule has 0 fully saturated rings. The summed E-state index contributed by atoms with van der Waals surface area (Å²) in [6.07, 6.45) is 0. The van der Waals surface area contributed by atoms with Gasteiger partial charge in [0.2, 0.25) is 0 Å². The van der Waals surface area contributed by atoms with E-state index in [0.717, 1.165) is 0 Å². The molecule has 1 heterocycles. The van der Waals surface area contributed by atoms with E-state index in [1.165, 1.54) is 33.0 Å². The first-order valence-electron chi connectivity index (χ1n) is 8.20. The fraction of sp³-hybridized carbons (Fsp3) is 0.500. The van der Waals surface area contributed by atoms with Gasteiger partial charge in [-0.3, -0.25) is 0 Å². The summed E-state index contributed by atoms with van der Waals surface area (Å²) in [5.41, 5.74) is 5.89. The predicted molar refractivity (Wildman–Crippen MR) is 91.7 cm³/mol. The molecule has 1 nitrogen and oxygen atoms in total. The maximum atomic E-state index is 3.95. The Hall–Kier alpha value is -1.34. The molecule has 3 rings (SSSR count). The van der Waals surface area contributed by atoms with Crippen LogP contribution in [0.3, 0.4) is 0 Å². The van der Waals surface area contributed by atoms with E-state index in [9.17, 15) is 0 Å². The Kier molecular flexibility index (Phi) is 3.57. The van der Waals surface area contributed by atoms with Gasteiger partial charge in [-0.05, 0) is 58.7 Å². The van der Waals surface area contributed by atoms with Crippen molar-refractivity contribution < 1.29 is 0 Å². The summed E-state index contributed by atoms with van der Waals surface area (Å²) in [6, 6.07) is 10.0. The van der Waals surface area contributed by atoms with Crippen LogP contribution < -0.4 is 5.32 Å². The molecule has 0 radical (unpaired) electrons. The molecule has 2 atom stereocenters. The average molecular weight is 281 g/mol. The maximum Gasteiger partial charge on any atom is 0.0357 e. The normalized spacial score (nSPS) is 21.5. The van der Waals surface area contributed by atoms with Gasteiger partial charge in [-0.25, -0.2) is 0 Å². The Balaban J connectivity index is 2.42. The summed E-state index contributed by atoms with van der Waals surface area (Å²) in [4.78, 5) is 0. The van der Waals surface area contributed by atoms with Crippen molar-refractivity contribution in [3.63, 3.8) is 0 Å². The molecule has 1 heteroatoms. The highest BCUT2D eigenvalue weighted by Gasteiger charge is 2.33. The van der Waals surface area contributed by atoms with Crippen molar-refractivity contribution in [2.24, 2.45) is 11.8 Å². The van der Waals surface area contributed by atoms with E-state index in [-0.39, 0.29) is 0 Å². The summed E-state index contributed by atoms with van der Waals surface area (Å²) >= 11 is 0. The fourth-order valence-corrected chi connectivity index (χ4v) is 3.90. The molecule has 0 bridgehead atoms. The molecular formula is C20H27N. The van der Waals surface area contributed by atoms with E-state index in [1.807, 2.05) is 0 Å². The number of hydrogen-bond acceptors (Lipinski definition) is 1. The highest BCUT2D eigenvalue weighted by Crippen LogP contribution is 2.44. The average Bonchev–Trinajstić information content (AvgIpc) is 2.43. The third-order valence-electron chi connectivity index (χ3n) is 5.02. The van der Waals surface area contributed by atoms with Gasteiger partial charge in [0.15, 0.2) is 0 Å². The Morgan fingerprint density at radius 1 is 0.762 bits per heavy atom. The number of aryl methyl sites for hydroxylation is 2. The van der Waals surface area contributed by atoms with E-state index >= 15 is 0 Å². The first-order valence-corrected chi connectivity index (χ1v) is 8.20. The first-order chi connectivity index (χ1) is 9.91. The molecule has 1 N–H and O–H groups in total. The topological polar surface area (TPSA) is 12.0 Å². The zero-order chi connectivity index (χ0) is 15.3. The van der Waals surface area contributed by atoms with Crippen molar-refractivity contribution in [1.29, 1.82) is 0 Å². The monoisotopic (exact) mass is 281 g/mol. The first kappa shape index (κ1) is 14.6. The minimum Gasteiger partial charge on any atom is -0.303 e. The van der Waals surface area contributed by atoms with Gasteiger partial charge in [0.05, 0.1) is 0 Å². The van der Waals surface area contributed by atoms with Crippen LogP contribution in [0, 0.1) is 25.7 Å². The van der Waals surface area contributed by atoms with Crippen molar-refractivity contribution in [3.8, 4) is 0 Å². The second-order valence-electron chi connectivity index (χ2n) is 7.30. The van der Waals surface area contributed by atoms with Crippen LogP contribution in [-0.2, 0) is 0 Å². The highest BCUT2D eigenvalue weighted by atomic mass is 15.0. The van der Waals surface area contributed by atoms with Gasteiger partial charge in [0, 0.05) is 12.1 Å². The minimum atomic E-state index is 0.454. The lowest BCUT2D eigenvalue weighted by Gasteiger charge is -2.39. The molecule has 21 heavy (non-hydrogen) atoms. The van der Waals surface area contributed by atoms with Crippen LogP contribution in [-0.4, -0.2) is 0 Å². The van der Waals surface area contributed by atoms with Crippen molar-refractivity contribution in [1.82, 2.24) is 5.32 Å². The van der Waals surface area contributed by atoms with Crippen molar-refractivity contribution >= 4 is 10.8 Å². The molecule has 2 aromatic carbocycles. The SMILES string of the molecule is Cc1ccc2ccc(C)c3c2c1C(C(C)C)NC3C(C)C. The van der Waals surface area contributed by atoms with Crippen LogP contribution in [0.15, 0.2) is 24.3 Å². The van der Waals surface area contributed by atoms with Gasteiger partial charge in [0.25, 0.3) is 0 Å². The molecule has 2 aromatic rings. The smallest absolute Gasteiger partial charge is 0.0357 e. The molecule has 1 aliphatic heterocycles. The van der Waals surface area contributed by atoms with Crippen LogP contribution in [0.1, 0.15) is 62.0 Å². The standard InChI is InChI=1S/C20H27N/c1-11(2)19-16-13(5)7-9-15-10-8-14(6)17(18(15)16)20(21-19)12(3)4/h7-12,19-21H,1-6H3. The fourth-order valence-electron chi connectivity index (χ4n) is 3.90. The second-order valence-corrected chi connectivity index (χ2v) is 7.30. The molecule has 0 spiro atoms. The van der Waals surface area contributed by atoms with Crippen LogP contribution in [0.4, 0.5) is 0 Å². The summed E-state index contributed by atoms with van der Waals surface area (Å²) in [5.74, 6) is 1.20. The summed E-state index contributed by atoms with van der Waals surface area (Å²) < 4.78 is 0. The molecule has 0 amide bonds. The Labute approximate surface area is 128 Å². The number of rotatable bonds is 2. The van der Waals surface area contributed by atoms with Crippen LogP contribution in [0.2, 0.25) is 0 Å². The maximum absolute atomic E-state index is 3.95. The highest BCUT2D eigenvalue weighted by molar-refractivity contribution is 5.92. The van der Waals surface area contributed by atoms with E-state index in [0.29, 0.717) is 23.9 Å². The van der Waals surface area contributed by atoms with Gasteiger partial charge in [0.1, 0.15) is 0 Å². The molecule has 0 aromatic heterocycles. The minimum absolute atomic E-state index is 0.454. The number of hydrogen-bond donors (Lipinski definition) is 1. The Bertz CT molecular complexity index is 627. The van der Waals surface area contributed by atoms with Gasteiger partial charge >= 0.3 is 0 Å². The third kappa shape index (κ3) is 2.19. The predicted octanol–water partition coefficient (Wildman–Crippen LogP) is 5.45. The van der Waals surface area contributed by atoms with Crippen LogP contribution >= 0.6 is 0 Å². The Morgan fingerprint density at radius 2 is 1.19 bits per heavy atom. The zero-order valence-corrected chi connectivity index (χ0v) is 14.1. The van der Waals surface area contributed by atoms with Gasteiger partial charge in [-0.15, -0.1) is 0 Å². The molecular weight excluding hydrogens is 254 g/mol. The number of benzene rings is 2. The Morgan fingerprint density at radius 3 is 1.57 bits per heavy atom. The van der Waals surface area contributed by atoms with E-state index < -0.39 is 0 Å². The lowest BCUT2D eigenvalue weighted by Crippen LogP contribution is -2.37. The molecule has 0 saturated carbocycles. The second kappa shape index (κ2) is 5.14. The third-order valence-corrected chi connectivity index (χ3v) is 5.02. The van der Waals surface area contributed by atoms with Gasteiger partial charge < -0.3 is 5.32 Å². The van der Waals surface area contributed by atoms with Crippen LogP contribution in [0.5, 0.6) is 0 Å². The summed E-state index contributed by atoms with van der Waals surface area (Å²) in [6.45, 7) is 13.8. The quantitative estimate of drug-likeness (QED) is 0.771. The summed E-state index contributed by atoms with van der Waals surface area (Å²) in [7, 11) is 0. The molecule has 0 saturated heterocycles. The van der Waals surface area contributed by atoms with Gasteiger partial charge in [-0.1, -0.05) is 52.0 Å². The van der Waals surface area contributed by atoms with E-state index in [2.05, 4.69) is 71.1 Å².